The number of hydrogen-bond acceptors (Lipinski definition) is 8. The SMILES string of the molecule is CCCCCCC/C=C\C/C=C\C/C=C\CCCCCCCCCCC(=O)OC(COC(=O)CCCCCCCCCCCCCCC/C=C\CCCCCCCCCC)COC(OCC[N+](C)(C)C)C(=O)[O-]. The molecule has 0 heterocycles. The van der Waals surface area contributed by atoms with Crippen molar-refractivity contribution < 1.29 is 42.9 Å². The molecular weight excluding hydrogens is 911 g/mol. The van der Waals surface area contributed by atoms with Crippen LogP contribution in [0, 0.1) is 0 Å². The van der Waals surface area contributed by atoms with Crippen LogP contribution < -0.4 is 5.11 Å². The van der Waals surface area contributed by atoms with E-state index in [0.29, 0.717) is 23.9 Å². The number of carboxylic acids is 1. The minimum atomic E-state index is -1.62. The molecule has 0 aromatic rings. The normalized spacial score (nSPS) is 13.1. The predicted octanol–water partition coefficient (Wildman–Crippen LogP) is 16.9. The van der Waals surface area contributed by atoms with Gasteiger partial charge in [-0.3, -0.25) is 9.59 Å². The van der Waals surface area contributed by atoms with Crippen molar-refractivity contribution in [2.45, 2.75) is 296 Å². The van der Waals surface area contributed by atoms with Crippen LogP contribution in [0.25, 0.3) is 0 Å². The van der Waals surface area contributed by atoms with E-state index in [2.05, 4.69) is 62.5 Å². The molecular formula is C64H117NO8. The fraction of sp³-hybridized carbons (Fsp3) is 0.828. The van der Waals surface area contributed by atoms with Crippen LogP contribution in [-0.2, 0) is 33.3 Å². The third-order valence-electron chi connectivity index (χ3n) is 13.5. The van der Waals surface area contributed by atoms with Crippen molar-refractivity contribution in [2.24, 2.45) is 0 Å². The molecule has 0 saturated heterocycles. The highest BCUT2D eigenvalue weighted by atomic mass is 16.7. The van der Waals surface area contributed by atoms with Crippen LogP contribution in [0.3, 0.4) is 0 Å². The van der Waals surface area contributed by atoms with Crippen molar-refractivity contribution in [2.75, 3.05) is 47.5 Å². The maximum absolute atomic E-state index is 12.9. The van der Waals surface area contributed by atoms with E-state index in [1.807, 2.05) is 21.1 Å². The minimum absolute atomic E-state index is 0.146. The number of aliphatic carboxylic acids is 1. The van der Waals surface area contributed by atoms with Crippen molar-refractivity contribution in [3.05, 3.63) is 48.6 Å². The molecule has 0 N–H and O–H groups in total. The fourth-order valence-corrected chi connectivity index (χ4v) is 8.78. The molecule has 0 rings (SSSR count). The molecule has 426 valence electrons. The summed E-state index contributed by atoms with van der Waals surface area (Å²) in [5.41, 5.74) is 0. The van der Waals surface area contributed by atoms with Crippen LogP contribution in [0.2, 0.25) is 0 Å². The van der Waals surface area contributed by atoms with Gasteiger partial charge >= 0.3 is 11.9 Å². The number of unbranched alkanes of at least 4 members (excludes halogenated alkanes) is 34. The molecule has 73 heavy (non-hydrogen) atoms. The molecule has 0 bridgehead atoms. The van der Waals surface area contributed by atoms with E-state index < -0.39 is 24.3 Å². The van der Waals surface area contributed by atoms with Gasteiger partial charge in [-0.15, -0.1) is 0 Å². The second-order valence-corrected chi connectivity index (χ2v) is 22.0. The quantitative estimate of drug-likeness (QED) is 0.0195. The first-order valence-corrected chi connectivity index (χ1v) is 30.8. The van der Waals surface area contributed by atoms with Gasteiger partial charge in [-0.05, 0) is 77.0 Å². The van der Waals surface area contributed by atoms with Crippen LogP contribution >= 0.6 is 0 Å². The second kappa shape index (κ2) is 55.5. The Hall–Kier alpha value is -2.75. The van der Waals surface area contributed by atoms with Gasteiger partial charge in [-0.1, -0.05) is 242 Å². The summed E-state index contributed by atoms with van der Waals surface area (Å²) >= 11 is 0. The first-order valence-electron chi connectivity index (χ1n) is 30.8. The zero-order chi connectivity index (χ0) is 53.4. The highest BCUT2D eigenvalue weighted by molar-refractivity contribution is 5.70. The number of carboxylic acid groups (broad SMARTS) is 1. The number of quaternary nitrogens is 1. The molecule has 0 saturated carbocycles. The lowest BCUT2D eigenvalue weighted by molar-refractivity contribution is -0.870. The van der Waals surface area contributed by atoms with E-state index in [-0.39, 0.29) is 32.2 Å². The summed E-state index contributed by atoms with van der Waals surface area (Å²) in [6, 6.07) is 0. The summed E-state index contributed by atoms with van der Waals surface area (Å²) in [5.74, 6) is -2.28. The van der Waals surface area contributed by atoms with E-state index in [9.17, 15) is 19.5 Å². The first-order chi connectivity index (χ1) is 35.6. The number of ether oxygens (including phenoxy) is 4. The molecule has 2 unspecified atom stereocenters. The standard InChI is InChI=1S/C64H117NO8/c1-6-8-10-12-14-16-18-20-22-24-26-28-30-31-33-34-36-38-40-42-44-46-48-50-52-54-61(66)71-58-60(59-72-64(63(68)69)70-57-56-65(3,4)5)73-62(67)55-53-51-49-47-45-43-41-39-37-35-32-29-27-25-23-21-19-17-15-13-11-9-7-2/h19,21,24-27,32,35,60,64H,6-18,20,22-23,28-31,33-34,36-59H2,1-5H3/b21-19-,26-24-,27-25-,35-32-. The largest absolute Gasteiger partial charge is 0.545 e. The van der Waals surface area contributed by atoms with E-state index >= 15 is 0 Å². The van der Waals surface area contributed by atoms with Gasteiger partial charge in [-0.25, -0.2) is 0 Å². The fourth-order valence-electron chi connectivity index (χ4n) is 8.78. The van der Waals surface area contributed by atoms with Gasteiger partial charge in [0.05, 0.1) is 40.3 Å². The number of esters is 2. The lowest BCUT2D eigenvalue weighted by atomic mass is 10.0. The van der Waals surface area contributed by atoms with E-state index in [0.717, 1.165) is 57.8 Å². The molecule has 0 aromatic heterocycles. The number of hydrogen-bond donors (Lipinski definition) is 0. The molecule has 0 aliphatic heterocycles. The smallest absolute Gasteiger partial charge is 0.306 e. The average molecular weight is 1030 g/mol. The third-order valence-corrected chi connectivity index (χ3v) is 13.5. The van der Waals surface area contributed by atoms with Crippen LogP contribution in [0.4, 0.5) is 0 Å². The molecule has 0 spiro atoms. The van der Waals surface area contributed by atoms with Crippen molar-refractivity contribution in [3.63, 3.8) is 0 Å². The number of carbonyl (C=O) groups excluding carboxylic acids is 3. The zero-order valence-electron chi connectivity index (χ0n) is 48.5. The highest BCUT2D eigenvalue weighted by Gasteiger charge is 2.22. The van der Waals surface area contributed by atoms with Crippen molar-refractivity contribution in [1.82, 2.24) is 0 Å². The Kier molecular flexibility index (Phi) is 53.4. The lowest BCUT2D eigenvalue weighted by Crippen LogP contribution is -2.44. The molecule has 0 radical (unpaired) electrons. The molecule has 9 heteroatoms. The van der Waals surface area contributed by atoms with Crippen LogP contribution in [0.1, 0.15) is 284 Å². The maximum atomic E-state index is 12.9. The number of carbonyl (C=O) groups is 3. The average Bonchev–Trinajstić information content (AvgIpc) is 3.36. The summed E-state index contributed by atoms with van der Waals surface area (Å²) < 4.78 is 22.7. The van der Waals surface area contributed by atoms with Gasteiger partial charge in [0.2, 0.25) is 0 Å². The minimum Gasteiger partial charge on any atom is -0.545 e. The van der Waals surface area contributed by atoms with Gasteiger partial charge in [0.25, 0.3) is 0 Å². The van der Waals surface area contributed by atoms with Crippen molar-refractivity contribution in [3.8, 4) is 0 Å². The molecule has 0 aliphatic rings. The summed E-state index contributed by atoms with van der Waals surface area (Å²) in [4.78, 5) is 37.3. The molecule has 0 aromatic carbocycles. The maximum Gasteiger partial charge on any atom is 0.306 e. The van der Waals surface area contributed by atoms with E-state index in [4.69, 9.17) is 18.9 Å². The van der Waals surface area contributed by atoms with Gasteiger partial charge in [0.1, 0.15) is 13.2 Å². The molecule has 9 nitrogen and oxygen atoms in total. The number of likely N-dealkylation sites (N-methyl/N-ethyl adjacent to an activating group) is 1. The predicted molar refractivity (Wildman–Crippen MR) is 306 cm³/mol. The van der Waals surface area contributed by atoms with E-state index in [1.165, 1.54) is 193 Å². The Balaban J connectivity index is 4.21. The molecule has 2 atom stereocenters. The summed E-state index contributed by atoms with van der Waals surface area (Å²) in [6.45, 7) is 4.76. The highest BCUT2D eigenvalue weighted by Crippen LogP contribution is 2.16. The van der Waals surface area contributed by atoms with Crippen molar-refractivity contribution >= 4 is 17.9 Å². The van der Waals surface area contributed by atoms with Crippen LogP contribution in [-0.4, -0.2) is 82.3 Å². The van der Waals surface area contributed by atoms with E-state index in [1.54, 1.807) is 0 Å². The number of allylic oxidation sites excluding steroid dienone is 8. The van der Waals surface area contributed by atoms with Gasteiger partial charge in [0.15, 0.2) is 12.4 Å². The van der Waals surface area contributed by atoms with Gasteiger partial charge in [-0.2, -0.15) is 0 Å². The monoisotopic (exact) mass is 1030 g/mol. The number of nitrogens with zero attached hydrogens (tertiary/aromatic N) is 1. The second-order valence-electron chi connectivity index (χ2n) is 22.0. The molecule has 0 amide bonds. The summed E-state index contributed by atoms with van der Waals surface area (Å²) in [5, 5.41) is 11.8. The Morgan fingerprint density at radius 1 is 0.411 bits per heavy atom. The van der Waals surface area contributed by atoms with Gasteiger partial charge in [0, 0.05) is 12.8 Å². The summed E-state index contributed by atoms with van der Waals surface area (Å²) in [7, 11) is 5.93. The topological polar surface area (TPSA) is 111 Å². The summed E-state index contributed by atoms with van der Waals surface area (Å²) in [6.07, 6.45) is 65.9. The Morgan fingerprint density at radius 2 is 0.740 bits per heavy atom. The Bertz CT molecular complexity index is 1340. The third kappa shape index (κ3) is 56.8. The first kappa shape index (κ1) is 70.2. The van der Waals surface area contributed by atoms with Crippen LogP contribution in [0.5, 0.6) is 0 Å². The number of rotatable bonds is 57. The lowest BCUT2D eigenvalue weighted by Gasteiger charge is -2.26. The van der Waals surface area contributed by atoms with Crippen molar-refractivity contribution in [1.29, 1.82) is 0 Å². The van der Waals surface area contributed by atoms with Crippen LogP contribution in [0.15, 0.2) is 48.6 Å². The Morgan fingerprint density at radius 3 is 1.11 bits per heavy atom. The molecule has 0 fully saturated rings. The Labute approximate surface area is 451 Å². The van der Waals surface area contributed by atoms with Gasteiger partial charge < -0.3 is 33.3 Å². The zero-order valence-corrected chi connectivity index (χ0v) is 48.5. The molecule has 0 aliphatic carbocycles.